The molecule has 1 N–H and O–H groups in total. The Labute approximate surface area is 112 Å². The Balaban J connectivity index is 2.07. The summed E-state index contributed by atoms with van der Waals surface area (Å²) in [7, 11) is 1.54. The first-order valence-corrected chi connectivity index (χ1v) is 6.38. The van der Waals surface area contributed by atoms with Crippen LogP contribution in [0.15, 0.2) is 42.5 Å². The van der Waals surface area contributed by atoms with Crippen molar-refractivity contribution >= 4 is 0 Å². The lowest BCUT2D eigenvalue weighted by Gasteiger charge is -2.27. The largest absolute Gasteiger partial charge is 0.504 e. The Morgan fingerprint density at radius 2 is 2.00 bits per heavy atom. The van der Waals surface area contributed by atoms with Gasteiger partial charge in [0.2, 0.25) is 0 Å². The minimum Gasteiger partial charge on any atom is -0.504 e. The average molecular weight is 256 g/mol. The summed E-state index contributed by atoms with van der Waals surface area (Å²) >= 11 is 0. The standard InChI is InChI=1S/C16H16O3/c1-18-16-10-15-13(9-14(16)17)12(7-8-19-15)11-5-3-2-4-6-11/h2-6,9-10,12,17H,7-8H2,1H3. The van der Waals surface area contributed by atoms with Crippen LogP contribution < -0.4 is 9.47 Å². The van der Waals surface area contributed by atoms with E-state index in [0.717, 1.165) is 17.7 Å². The molecule has 2 aromatic rings. The summed E-state index contributed by atoms with van der Waals surface area (Å²) in [5.74, 6) is 1.68. The van der Waals surface area contributed by atoms with Crippen LogP contribution in [0, 0.1) is 0 Å². The average Bonchev–Trinajstić information content (AvgIpc) is 2.47. The second-order valence-electron chi connectivity index (χ2n) is 4.66. The van der Waals surface area contributed by atoms with Crippen molar-refractivity contribution in [3.05, 3.63) is 53.6 Å². The number of ether oxygens (including phenoxy) is 2. The van der Waals surface area contributed by atoms with E-state index in [1.807, 2.05) is 18.2 Å². The van der Waals surface area contributed by atoms with Crippen LogP contribution >= 0.6 is 0 Å². The van der Waals surface area contributed by atoms with E-state index in [1.165, 1.54) is 5.56 Å². The Morgan fingerprint density at radius 3 is 2.74 bits per heavy atom. The van der Waals surface area contributed by atoms with Crippen LogP contribution in [0.1, 0.15) is 23.5 Å². The van der Waals surface area contributed by atoms with Crippen molar-refractivity contribution in [2.24, 2.45) is 0 Å². The van der Waals surface area contributed by atoms with Gasteiger partial charge in [0.25, 0.3) is 0 Å². The van der Waals surface area contributed by atoms with E-state index in [4.69, 9.17) is 9.47 Å². The molecule has 1 unspecified atom stereocenters. The van der Waals surface area contributed by atoms with Crippen LogP contribution in [0.2, 0.25) is 0 Å². The fourth-order valence-corrected chi connectivity index (χ4v) is 2.60. The zero-order valence-electron chi connectivity index (χ0n) is 10.8. The molecule has 1 heterocycles. The second-order valence-corrected chi connectivity index (χ2v) is 4.66. The highest BCUT2D eigenvalue weighted by Gasteiger charge is 2.24. The fraction of sp³-hybridized carbons (Fsp3) is 0.250. The number of hydrogen-bond acceptors (Lipinski definition) is 3. The van der Waals surface area contributed by atoms with E-state index in [1.54, 1.807) is 19.2 Å². The molecule has 0 spiro atoms. The SMILES string of the molecule is COc1cc2c(cc1O)C(c1ccccc1)CCO2. The van der Waals surface area contributed by atoms with Gasteiger partial charge >= 0.3 is 0 Å². The normalized spacial score (nSPS) is 17.4. The van der Waals surface area contributed by atoms with E-state index in [0.29, 0.717) is 12.4 Å². The monoisotopic (exact) mass is 256 g/mol. The molecule has 0 amide bonds. The smallest absolute Gasteiger partial charge is 0.164 e. The first-order valence-electron chi connectivity index (χ1n) is 6.38. The van der Waals surface area contributed by atoms with Gasteiger partial charge in [-0.3, -0.25) is 0 Å². The molecule has 0 bridgehead atoms. The molecular formula is C16H16O3. The minimum absolute atomic E-state index is 0.160. The maximum Gasteiger partial charge on any atom is 0.164 e. The molecule has 0 saturated heterocycles. The number of hydrogen-bond donors (Lipinski definition) is 1. The summed E-state index contributed by atoms with van der Waals surface area (Å²) in [4.78, 5) is 0. The molecule has 3 heteroatoms. The van der Waals surface area contributed by atoms with Crippen LogP contribution in [-0.4, -0.2) is 18.8 Å². The van der Waals surface area contributed by atoms with Crippen molar-refractivity contribution < 1.29 is 14.6 Å². The maximum absolute atomic E-state index is 9.95. The highest BCUT2D eigenvalue weighted by molar-refractivity contribution is 5.54. The molecular weight excluding hydrogens is 240 g/mol. The van der Waals surface area contributed by atoms with Gasteiger partial charge in [0.1, 0.15) is 5.75 Å². The Hall–Kier alpha value is -2.16. The molecule has 3 rings (SSSR count). The third-order valence-corrected chi connectivity index (χ3v) is 3.55. The first-order chi connectivity index (χ1) is 9.29. The molecule has 1 aliphatic rings. The third-order valence-electron chi connectivity index (χ3n) is 3.55. The third kappa shape index (κ3) is 2.12. The molecule has 1 atom stereocenters. The number of phenolic OH excluding ortho intramolecular Hbond substituents is 1. The van der Waals surface area contributed by atoms with Gasteiger partial charge in [-0.15, -0.1) is 0 Å². The van der Waals surface area contributed by atoms with Gasteiger partial charge in [-0.05, 0) is 18.1 Å². The highest BCUT2D eigenvalue weighted by atomic mass is 16.5. The number of aromatic hydroxyl groups is 1. The Kier molecular flexibility index (Phi) is 3.03. The second kappa shape index (κ2) is 4.84. The summed E-state index contributed by atoms with van der Waals surface area (Å²) in [5, 5.41) is 9.95. The number of rotatable bonds is 2. The summed E-state index contributed by atoms with van der Waals surface area (Å²) < 4.78 is 10.8. The summed E-state index contributed by atoms with van der Waals surface area (Å²) in [5.41, 5.74) is 2.27. The predicted octanol–water partition coefficient (Wildman–Crippen LogP) is 3.32. The van der Waals surface area contributed by atoms with Crippen molar-refractivity contribution in [1.82, 2.24) is 0 Å². The summed E-state index contributed by atoms with van der Waals surface area (Å²) in [6.07, 6.45) is 0.919. The van der Waals surface area contributed by atoms with Gasteiger partial charge in [0.15, 0.2) is 11.5 Å². The molecule has 3 nitrogen and oxygen atoms in total. The van der Waals surface area contributed by atoms with Crippen molar-refractivity contribution in [3.8, 4) is 17.2 Å². The van der Waals surface area contributed by atoms with Gasteiger partial charge in [0.05, 0.1) is 13.7 Å². The molecule has 2 aromatic carbocycles. The lowest BCUT2D eigenvalue weighted by molar-refractivity contribution is 0.272. The molecule has 19 heavy (non-hydrogen) atoms. The predicted molar refractivity (Wildman–Crippen MR) is 73.1 cm³/mol. The number of phenols is 1. The molecule has 98 valence electrons. The quantitative estimate of drug-likeness (QED) is 0.895. The molecule has 0 fully saturated rings. The number of methoxy groups -OCH3 is 1. The van der Waals surface area contributed by atoms with E-state index in [2.05, 4.69) is 12.1 Å². The van der Waals surface area contributed by atoms with Gasteiger partial charge in [0, 0.05) is 17.5 Å². The van der Waals surface area contributed by atoms with Crippen molar-refractivity contribution in [3.63, 3.8) is 0 Å². The summed E-state index contributed by atoms with van der Waals surface area (Å²) in [6, 6.07) is 13.8. The van der Waals surface area contributed by atoms with E-state index in [-0.39, 0.29) is 11.7 Å². The summed E-state index contributed by atoms with van der Waals surface area (Å²) in [6.45, 7) is 0.681. The maximum atomic E-state index is 9.95. The topological polar surface area (TPSA) is 38.7 Å². The van der Waals surface area contributed by atoms with Crippen LogP contribution in [0.4, 0.5) is 0 Å². The minimum atomic E-state index is 0.160. The lowest BCUT2D eigenvalue weighted by Crippen LogP contribution is -2.15. The van der Waals surface area contributed by atoms with Crippen LogP contribution in [0.25, 0.3) is 0 Å². The molecule has 0 aromatic heterocycles. The molecule has 0 aliphatic carbocycles. The lowest BCUT2D eigenvalue weighted by atomic mass is 9.86. The molecule has 0 radical (unpaired) electrons. The van der Waals surface area contributed by atoms with E-state index >= 15 is 0 Å². The van der Waals surface area contributed by atoms with Crippen LogP contribution in [0.5, 0.6) is 17.2 Å². The van der Waals surface area contributed by atoms with Gasteiger partial charge in [-0.25, -0.2) is 0 Å². The van der Waals surface area contributed by atoms with Gasteiger partial charge in [-0.2, -0.15) is 0 Å². The van der Waals surface area contributed by atoms with Gasteiger partial charge in [-0.1, -0.05) is 30.3 Å². The number of benzene rings is 2. The Bertz CT molecular complexity index is 578. The van der Waals surface area contributed by atoms with E-state index < -0.39 is 0 Å². The van der Waals surface area contributed by atoms with Crippen molar-refractivity contribution in [1.29, 1.82) is 0 Å². The van der Waals surface area contributed by atoms with Crippen molar-refractivity contribution in [2.45, 2.75) is 12.3 Å². The van der Waals surface area contributed by atoms with E-state index in [9.17, 15) is 5.11 Å². The zero-order chi connectivity index (χ0) is 13.2. The molecule has 1 aliphatic heterocycles. The first kappa shape index (κ1) is 11.9. The zero-order valence-corrected chi connectivity index (χ0v) is 10.8. The van der Waals surface area contributed by atoms with Crippen molar-refractivity contribution in [2.75, 3.05) is 13.7 Å². The van der Waals surface area contributed by atoms with Crippen LogP contribution in [0.3, 0.4) is 0 Å². The van der Waals surface area contributed by atoms with Gasteiger partial charge < -0.3 is 14.6 Å². The Morgan fingerprint density at radius 1 is 1.21 bits per heavy atom. The molecule has 0 saturated carbocycles. The number of fused-ring (bicyclic) bond motifs is 1. The van der Waals surface area contributed by atoms with Crippen LogP contribution in [-0.2, 0) is 0 Å². The highest BCUT2D eigenvalue weighted by Crippen LogP contribution is 2.43. The fourth-order valence-electron chi connectivity index (χ4n) is 2.60.